The van der Waals surface area contributed by atoms with Gasteiger partial charge in [-0.2, -0.15) is 0 Å². The van der Waals surface area contributed by atoms with Crippen LogP contribution in [-0.2, 0) is 0 Å². The zero-order chi connectivity index (χ0) is 13.6. The Morgan fingerprint density at radius 2 is 2.00 bits per heavy atom. The fourth-order valence-corrected chi connectivity index (χ4v) is 3.37. The van der Waals surface area contributed by atoms with Crippen LogP contribution in [0.2, 0.25) is 0 Å². The second kappa shape index (κ2) is 4.49. The summed E-state index contributed by atoms with van der Waals surface area (Å²) in [6, 6.07) is 1.70. The second-order valence-electron chi connectivity index (χ2n) is 5.59. The van der Waals surface area contributed by atoms with E-state index in [0.29, 0.717) is 11.5 Å². The third kappa shape index (κ3) is 2.08. The minimum absolute atomic E-state index is 0.0810. The molecule has 1 aromatic rings. The van der Waals surface area contributed by atoms with E-state index in [1.165, 1.54) is 13.0 Å². The fraction of sp³-hybridized carbons (Fsp3) is 0.571. The van der Waals surface area contributed by atoms with Gasteiger partial charge in [-0.05, 0) is 44.8 Å². The second-order valence-corrected chi connectivity index (χ2v) is 5.59. The lowest BCUT2D eigenvalue weighted by atomic mass is 9.84. The number of hydrogen-bond donors (Lipinski definition) is 1. The molecular formula is C14H18N2O3. The number of rotatable bonds is 3. The van der Waals surface area contributed by atoms with E-state index in [0.717, 1.165) is 32.5 Å². The third-order valence-corrected chi connectivity index (χ3v) is 4.45. The van der Waals surface area contributed by atoms with E-state index in [1.54, 1.807) is 6.20 Å². The van der Waals surface area contributed by atoms with Crippen molar-refractivity contribution in [3.8, 4) is 0 Å². The molecule has 3 fully saturated rings. The van der Waals surface area contributed by atoms with Gasteiger partial charge < -0.3 is 14.6 Å². The molecule has 4 rings (SSSR count). The summed E-state index contributed by atoms with van der Waals surface area (Å²) in [4.78, 5) is 25.2. The predicted octanol–water partition coefficient (Wildman–Crippen LogP) is 1.66. The standard InChI is InChI=1S/C14H18N2O3/c1-9(17)11-6-12(14(18)19)16(7-11)13-8-15-4-2-10(13)3-5-15/h6-7,10,13H,2-5,8H2,1H3,(H,18,19). The van der Waals surface area contributed by atoms with Gasteiger partial charge in [-0.25, -0.2) is 4.79 Å². The van der Waals surface area contributed by atoms with Gasteiger partial charge in [-0.3, -0.25) is 4.79 Å². The number of carbonyl (C=O) groups is 2. The predicted molar refractivity (Wildman–Crippen MR) is 69.6 cm³/mol. The van der Waals surface area contributed by atoms with Gasteiger partial charge in [0.15, 0.2) is 5.78 Å². The molecule has 102 valence electrons. The lowest BCUT2D eigenvalue weighted by molar-refractivity contribution is 0.0509. The lowest BCUT2D eigenvalue weighted by Crippen LogP contribution is -2.48. The number of carbonyl (C=O) groups excluding carboxylic acids is 1. The van der Waals surface area contributed by atoms with Gasteiger partial charge >= 0.3 is 5.97 Å². The molecule has 1 atom stereocenters. The molecule has 0 aromatic carbocycles. The summed E-state index contributed by atoms with van der Waals surface area (Å²) in [5.74, 6) is -0.498. The number of ketones is 1. The van der Waals surface area contributed by atoms with E-state index >= 15 is 0 Å². The van der Waals surface area contributed by atoms with Crippen molar-refractivity contribution >= 4 is 11.8 Å². The molecule has 3 aliphatic rings. The first-order chi connectivity index (χ1) is 9.06. The molecular weight excluding hydrogens is 244 g/mol. The van der Waals surface area contributed by atoms with Crippen molar-refractivity contribution < 1.29 is 14.7 Å². The summed E-state index contributed by atoms with van der Waals surface area (Å²) < 4.78 is 1.81. The Bertz CT molecular complexity index is 527. The first-order valence-electron chi connectivity index (χ1n) is 6.74. The highest BCUT2D eigenvalue weighted by atomic mass is 16.4. The van der Waals surface area contributed by atoms with Crippen LogP contribution in [0.3, 0.4) is 0 Å². The average Bonchev–Trinajstić information content (AvgIpc) is 2.85. The molecule has 0 saturated carbocycles. The van der Waals surface area contributed by atoms with Crippen LogP contribution in [0.25, 0.3) is 0 Å². The van der Waals surface area contributed by atoms with Gasteiger partial charge in [0, 0.05) is 24.3 Å². The highest BCUT2D eigenvalue weighted by molar-refractivity contribution is 5.97. The number of piperidine rings is 3. The van der Waals surface area contributed by atoms with Crippen LogP contribution in [0.1, 0.15) is 46.7 Å². The number of aromatic carboxylic acids is 1. The normalized spacial score (nSPS) is 29.4. The van der Waals surface area contributed by atoms with E-state index in [4.69, 9.17) is 0 Å². The lowest BCUT2D eigenvalue weighted by Gasteiger charge is -2.45. The first-order valence-corrected chi connectivity index (χ1v) is 6.74. The molecule has 5 nitrogen and oxygen atoms in total. The van der Waals surface area contributed by atoms with Crippen molar-refractivity contribution in [2.45, 2.75) is 25.8 Å². The molecule has 0 spiro atoms. The van der Waals surface area contributed by atoms with Crippen molar-refractivity contribution in [1.82, 2.24) is 9.47 Å². The molecule has 19 heavy (non-hydrogen) atoms. The maximum atomic E-state index is 11.5. The van der Waals surface area contributed by atoms with Crippen LogP contribution in [-0.4, -0.2) is 46.0 Å². The quantitative estimate of drug-likeness (QED) is 0.841. The Balaban J connectivity index is 1.99. The van der Waals surface area contributed by atoms with Crippen molar-refractivity contribution in [2.75, 3.05) is 19.6 Å². The monoisotopic (exact) mass is 262 g/mol. The maximum absolute atomic E-state index is 11.5. The summed E-state index contributed by atoms with van der Waals surface area (Å²) in [6.07, 6.45) is 3.97. The molecule has 1 N–H and O–H groups in total. The van der Waals surface area contributed by atoms with E-state index in [2.05, 4.69) is 4.90 Å². The van der Waals surface area contributed by atoms with Crippen molar-refractivity contribution in [2.24, 2.45) is 5.92 Å². The van der Waals surface area contributed by atoms with E-state index in [9.17, 15) is 14.7 Å². The summed E-state index contributed by atoms with van der Waals surface area (Å²) in [5, 5.41) is 9.32. The Morgan fingerprint density at radius 3 is 2.47 bits per heavy atom. The molecule has 3 saturated heterocycles. The van der Waals surface area contributed by atoms with Gasteiger partial charge in [0.25, 0.3) is 0 Å². The number of nitrogens with zero attached hydrogens (tertiary/aromatic N) is 2. The van der Waals surface area contributed by atoms with Crippen molar-refractivity contribution in [1.29, 1.82) is 0 Å². The van der Waals surface area contributed by atoms with Crippen LogP contribution in [0, 0.1) is 5.92 Å². The summed E-state index contributed by atoms with van der Waals surface area (Å²) >= 11 is 0. The van der Waals surface area contributed by atoms with Crippen LogP contribution >= 0.6 is 0 Å². The molecule has 2 bridgehead atoms. The third-order valence-electron chi connectivity index (χ3n) is 4.45. The number of Topliss-reactive ketones (excluding diaryl/α,β-unsaturated/α-hetero) is 1. The Hall–Kier alpha value is -1.62. The Morgan fingerprint density at radius 1 is 1.32 bits per heavy atom. The van der Waals surface area contributed by atoms with Gasteiger partial charge in [0.1, 0.15) is 5.69 Å². The maximum Gasteiger partial charge on any atom is 0.352 e. The Kier molecular flexibility index (Phi) is 2.93. The number of carboxylic acid groups (broad SMARTS) is 1. The number of carboxylic acids is 1. The van der Waals surface area contributed by atoms with Gasteiger partial charge in [0.05, 0.1) is 0 Å². The van der Waals surface area contributed by atoms with Gasteiger partial charge in [-0.15, -0.1) is 0 Å². The molecule has 1 aromatic heterocycles. The van der Waals surface area contributed by atoms with Crippen molar-refractivity contribution in [3.63, 3.8) is 0 Å². The Labute approximate surface area is 111 Å². The zero-order valence-corrected chi connectivity index (χ0v) is 11.0. The van der Waals surface area contributed by atoms with E-state index in [-0.39, 0.29) is 17.5 Å². The van der Waals surface area contributed by atoms with E-state index < -0.39 is 5.97 Å². The number of fused-ring (bicyclic) bond motifs is 3. The minimum Gasteiger partial charge on any atom is -0.477 e. The molecule has 0 aliphatic carbocycles. The molecule has 4 heterocycles. The SMILES string of the molecule is CC(=O)c1cc(C(=O)O)n(C2CN3CCC2CC3)c1. The smallest absolute Gasteiger partial charge is 0.352 e. The van der Waals surface area contributed by atoms with Gasteiger partial charge in [0.2, 0.25) is 0 Å². The summed E-state index contributed by atoms with van der Waals surface area (Å²) in [7, 11) is 0. The van der Waals surface area contributed by atoms with Gasteiger partial charge in [-0.1, -0.05) is 0 Å². The van der Waals surface area contributed by atoms with Crippen LogP contribution < -0.4 is 0 Å². The summed E-state index contributed by atoms with van der Waals surface area (Å²) in [6.45, 7) is 4.60. The highest BCUT2D eigenvalue weighted by Gasteiger charge is 2.36. The van der Waals surface area contributed by atoms with Crippen LogP contribution in [0.15, 0.2) is 12.3 Å². The number of aromatic nitrogens is 1. The minimum atomic E-state index is -0.955. The summed E-state index contributed by atoms with van der Waals surface area (Å²) in [5.41, 5.74) is 0.734. The molecule has 1 unspecified atom stereocenters. The van der Waals surface area contributed by atoms with Crippen LogP contribution in [0.4, 0.5) is 0 Å². The molecule has 3 aliphatic heterocycles. The van der Waals surface area contributed by atoms with Crippen molar-refractivity contribution in [3.05, 3.63) is 23.5 Å². The first kappa shape index (κ1) is 12.4. The van der Waals surface area contributed by atoms with E-state index in [1.807, 2.05) is 4.57 Å². The largest absolute Gasteiger partial charge is 0.477 e. The zero-order valence-electron chi connectivity index (χ0n) is 11.0. The number of hydrogen-bond acceptors (Lipinski definition) is 3. The average molecular weight is 262 g/mol. The molecule has 0 radical (unpaired) electrons. The highest BCUT2D eigenvalue weighted by Crippen LogP contribution is 2.36. The molecule has 5 heteroatoms. The fourth-order valence-electron chi connectivity index (χ4n) is 3.37. The topological polar surface area (TPSA) is 62.5 Å². The van der Waals surface area contributed by atoms with Crippen LogP contribution in [0.5, 0.6) is 0 Å². The molecule has 0 amide bonds.